The van der Waals surface area contributed by atoms with E-state index in [1.165, 1.54) is 122 Å². The van der Waals surface area contributed by atoms with Gasteiger partial charge in [-0.1, -0.05) is 204 Å². The van der Waals surface area contributed by atoms with Crippen LogP contribution < -0.4 is 0 Å². The summed E-state index contributed by atoms with van der Waals surface area (Å²) in [6.45, 7) is 7.63. The quantitative estimate of drug-likeness (QED) is 0.0353. The third kappa shape index (κ3) is 42.6. The molecule has 0 saturated heterocycles. The molecule has 0 aliphatic carbocycles. The van der Waals surface area contributed by atoms with Gasteiger partial charge in [-0.2, -0.15) is 0 Å². The second-order valence-electron chi connectivity index (χ2n) is 15.3. The Morgan fingerprint density at radius 1 is 0.426 bits per heavy atom. The van der Waals surface area contributed by atoms with E-state index in [4.69, 9.17) is 14.2 Å². The van der Waals surface area contributed by atoms with E-state index in [1.54, 1.807) is 0 Å². The molecule has 0 aliphatic heterocycles. The molecule has 0 aromatic heterocycles. The highest BCUT2D eigenvalue weighted by molar-refractivity contribution is 5.70. The first kappa shape index (κ1) is 51.9. The first-order valence-corrected chi connectivity index (χ1v) is 23.2. The molecular formula is C49H88O5. The summed E-state index contributed by atoms with van der Waals surface area (Å²) in [5.74, 6) is -0.410. The van der Waals surface area contributed by atoms with Gasteiger partial charge in [0, 0.05) is 19.4 Å². The second-order valence-corrected chi connectivity index (χ2v) is 15.3. The topological polar surface area (TPSA) is 61.8 Å². The molecule has 0 fully saturated rings. The largest absolute Gasteiger partial charge is 0.462 e. The van der Waals surface area contributed by atoms with E-state index in [0.717, 1.165) is 70.6 Å². The van der Waals surface area contributed by atoms with Crippen molar-refractivity contribution in [1.29, 1.82) is 0 Å². The Morgan fingerprint density at radius 3 is 1.33 bits per heavy atom. The van der Waals surface area contributed by atoms with Crippen molar-refractivity contribution < 1.29 is 23.8 Å². The van der Waals surface area contributed by atoms with Gasteiger partial charge >= 0.3 is 11.9 Å². The molecule has 0 heterocycles. The summed E-state index contributed by atoms with van der Waals surface area (Å²) in [6, 6.07) is 0. The van der Waals surface area contributed by atoms with E-state index >= 15 is 0 Å². The number of hydrogen-bond donors (Lipinski definition) is 0. The summed E-state index contributed by atoms with van der Waals surface area (Å²) >= 11 is 0. The molecule has 0 amide bonds. The molecule has 0 aromatic carbocycles. The molecule has 0 rings (SSSR count). The second kappa shape index (κ2) is 45.3. The summed E-state index contributed by atoms with van der Waals surface area (Å²) in [5.41, 5.74) is 0. The van der Waals surface area contributed by atoms with Crippen LogP contribution in [0.15, 0.2) is 48.6 Å². The Balaban J connectivity index is 4.04. The Bertz CT molecular complexity index is 904. The number of carbonyl (C=O) groups excluding carboxylic acids is 2. The highest BCUT2D eigenvalue weighted by Crippen LogP contribution is 2.14. The van der Waals surface area contributed by atoms with E-state index in [0.29, 0.717) is 19.4 Å². The summed E-state index contributed by atoms with van der Waals surface area (Å²) in [6.07, 6.45) is 54.2. The van der Waals surface area contributed by atoms with Crippen molar-refractivity contribution in [1.82, 2.24) is 0 Å². The number of allylic oxidation sites excluding steroid dienone is 8. The van der Waals surface area contributed by atoms with Gasteiger partial charge in [0.2, 0.25) is 0 Å². The van der Waals surface area contributed by atoms with E-state index < -0.39 is 6.10 Å². The lowest BCUT2D eigenvalue weighted by molar-refractivity contribution is -0.163. The Morgan fingerprint density at radius 2 is 0.833 bits per heavy atom. The fraction of sp³-hybridized carbons (Fsp3) is 0.796. The third-order valence-corrected chi connectivity index (χ3v) is 9.88. The van der Waals surface area contributed by atoms with Crippen molar-refractivity contribution in [3.63, 3.8) is 0 Å². The molecule has 0 spiro atoms. The van der Waals surface area contributed by atoms with Gasteiger partial charge in [0.05, 0.1) is 6.61 Å². The van der Waals surface area contributed by atoms with E-state index in [1.807, 2.05) is 0 Å². The van der Waals surface area contributed by atoms with Crippen LogP contribution in [0.4, 0.5) is 0 Å². The van der Waals surface area contributed by atoms with E-state index in [-0.39, 0.29) is 25.2 Å². The third-order valence-electron chi connectivity index (χ3n) is 9.88. The van der Waals surface area contributed by atoms with Gasteiger partial charge in [0.1, 0.15) is 6.61 Å². The standard InChI is InChI=1S/C49H88O5/c1-4-7-10-13-15-17-19-21-22-23-24-25-26-27-29-31-33-35-38-41-44-52-45-47(54-49(51)43-40-36-12-9-6-3)46-53-48(50)42-39-37-34-32-30-28-20-18-16-14-11-8-5-2/h7,10,15,17,21-22,24-25,47H,4-6,8-9,11-14,16,18-20,23,26-46H2,1-3H3/b10-7-,17-15-,22-21-,25-24-. The lowest BCUT2D eigenvalue weighted by Crippen LogP contribution is -2.30. The Labute approximate surface area is 335 Å². The zero-order valence-electron chi connectivity index (χ0n) is 36.0. The van der Waals surface area contributed by atoms with Gasteiger partial charge in [0.25, 0.3) is 0 Å². The molecule has 0 aromatic rings. The molecule has 0 bridgehead atoms. The number of unbranched alkanes of at least 4 members (excludes halogenated alkanes) is 23. The molecule has 0 radical (unpaired) electrons. The molecule has 5 nitrogen and oxygen atoms in total. The van der Waals surface area contributed by atoms with Gasteiger partial charge in [-0.3, -0.25) is 9.59 Å². The number of rotatable bonds is 42. The highest BCUT2D eigenvalue weighted by atomic mass is 16.6. The lowest BCUT2D eigenvalue weighted by atomic mass is 10.0. The fourth-order valence-corrected chi connectivity index (χ4v) is 6.44. The van der Waals surface area contributed by atoms with Crippen molar-refractivity contribution in [3.8, 4) is 0 Å². The van der Waals surface area contributed by atoms with Crippen molar-refractivity contribution in [2.75, 3.05) is 19.8 Å². The monoisotopic (exact) mass is 757 g/mol. The smallest absolute Gasteiger partial charge is 0.306 e. The number of hydrogen-bond acceptors (Lipinski definition) is 5. The van der Waals surface area contributed by atoms with Crippen LogP contribution in [-0.4, -0.2) is 37.9 Å². The van der Waals surface area contributed by atoms with Crippen molar-refractivity contribution in [3.05, 3.63) is 48.6 Å². The van der Waals surface area contributed by atoms with Gasteiger partial charge in [0.15, 0.2) is 6.10 Å². The maximum atomic E-state index is 12.5. The molecule has 314 valence electrons. The van der Waals surface area contributed by atoms with Crippen LogP contribution in [0.25, 0.3) is 0 Å². The zero-order chi connectivity index (χ0) is 39.3. The molecule has 54 heavy (non-hydrogen) atoms. The van der Waals surface area contributed by atoms with Crippen LogP contribution in [0.1, 0.15) is 226 Å². The predicted octanol–water partition coefficient (Wildman–Crippen LogP) is 15.2. The fourth-order valence-electron chi connectivity index (χ4n) is 6.44. The normalized spacial score (nSPS) is 12.6. The average molecular weight is 757 g/mol. The molecular weight excluding hydrogens is 669 g/mol. The van der Waals surface area contributed by atoms with Gasteiger partial charge in [-0.05, 0) is 57.8 Å². The van der Waals surface area contributed by atoms with Crippen molar-refractivity contribution in [2.45, 2.75) is 232 Å². The van der Waals surface area contributed by atoms with Gasteiger partial charge in [-0.15, -0.1) is 0 Å². The molecule has 0 N–H and O–H groups in total. The van der Waals surface area contributed by atoms with Crippen molar-refractivity contribution in [2.24, 2.45) is 0 Å². The predicted molar refractivity (Wildman–Crippen MR) is 233 cm³/mol. The molecule has 5 heteroatoms. The van der Waals surface area contributed by atoms with Crippen LogP contribution in [-0.2, 0) is 23.8 Å². The summed E-state index contributed by atoms with van der Waals surface area (Å²) < 4.78 is 17.2. The SMILES string of the molecule is CC/C=C\C/C=C\C/C=C\C/C=C\CCCCCCCCCOCC(COC(=O)CCCCCCCCCCCCCCC)OC(=O)CCCCCCC. The van der Waals surface area contributed by atoms with Crippen LogP contribution in [0.2, 0.25) is 0 Å². The molecule has 1 atom stereocenters. The summed E-state index contributed by atoms with van der Waals surface area (Å²) in [4.78, 5) is 25.0. The van der Waals surface area contributed by atoms with Crippen molar-refractivity contribution >= 4 is 11.9 Å². The minimum absolute atomic E-state index is 0.0831. The van der Waals surface area contributed by atoms with Crippen LogP contribution in [0, 0.1) is 0 Å². The molecule has 1 unspecified atom stereocenters. The van der Waals surface area contributed by atoms with E-state index in [2.05, 4.69) is 69.4 Å². The number of ether oxygens (including phenoxy) is 3. The summed E-state index contributed by atoms with van der Waals surface area (Å²) in [7, 11) is 0. The Kier molecular flexibility index (Phi) is 43.5. The first-order chi connectivity index (χ1) is 26.6. The minimum Gasteiger partial charge on any atom is -0.462 e. The van der Waals surface area contributed by atoms with Gasteiger partial charge in [-0.25, -0.2) is 0 Å². The van der Waals surface area contributed by atoms with Crippen LogP contribution in [0.5, 0.6) is 0 Å². The maximum absolute atomic E-state index is 12.5. The Hall–Kier alpha value is -2.14. The van der Waals surface area contributed by atoms with Gasteiger partial charge < -0.3 is 14.2 Å². The zero-order valence-corrected chi connectivity index (χ0v) is 36.0. The van der Waals surface area contributed by atoms with Crippen LogP contribution >= 0.6 is 0 Å². The molecule has 0 saturated carbocycles. The summed E-state index contributed by atoms with van der Waals surface area (Å²) in [5, 5.41) is 0. The van der Waals surface area contributed by atoms with E-state index in [9.17, 15) is 9.59 Å². The van der Waals surface area contributed by atoms with Crippen LogP contribution in [0.3, 0.4) is 0 Å². The first-order valence-electron chi connectivity index (χ1n) is 23.2. The molecule has 0 aliphatic rings. The average Bonchev–Trinajstić information content (AvgIpc) is 3.17. The lowest BCUT2D eigenvalue weighted by Gasteiger charge is -2.18. The maximum Gasteiger partial charge on any atom is 0.306 e. The number of carbonyl (C=O) groups is 2. The minimum atomic E-state index is -0.533. The highest BCUT2D eigenvalue weighted by Gasteiger charge is 2.17. The number of esters is 2.